The van der Waals surface area contributed by atoms with Crippen LogP contribution in [-0.2, 0) is 4.79 Å². The second-order valence-corrected chi connectivity index (χ2v) is 3.14. The lowest BCUT2D eigenvalue weighted by atomic mass is 10.1. The van der Waals surface area contributed by atoms with Gasteiger partial charge in [-0.2, -0.15) is 0 Å². The molecule has 0 spiro atoms. The molecule has 16 heavy (non-hydrogen) atoms. The summed E-state index contributed by atoms with van der Waals surface area (Å²) in [5.41, 5.74) is 12.6. The van der Waals surface area contributed by atoms with Crippen LogP contribution in [0.1, 0.15) is 5.56 Å². The Morgan fingerprint density at radius 1 is 1.38 bits per heavy atom. The number of anilines is 1. The zero-order chi connectivity index (χ0) is 12.1. The van der Waals surface area contributed by atoms with E-state index in [0.29, 0.717) is 11.3 Å². The number of nitrogens with zero attached hydrogens (tertiary/aromatic N) is 1. The predicted octanol–water partition coefficient (Wildman–Crippen LogP) is 0.724. The van der Waals surface area contributed by atoms with E-state index in [2.05, 4.69) is 4.99 Å². The Morgan fingerprint density at radius 2 is 1.94 bits per heavy atom. The van der Waals surface area contributed by atoms with Crippen molar-refractivity contribution in [2.75, 3.05) is 12.8 Å². The molecule has 5 nitrogen and oxygen atoms in total. The van der Waals surface area contributed by atoms with E-state index in [1.165, 1.54) is 13.3 Å². The van der Waals surface area contributed by atoms with Crippen LogP contribution in [0.5, 0.6) is 0 Å². The summed E-state index contributed by atoms with van der Waals surface area (Å²) >= 11 is 0. The number of aliphatic imine (C=N–C) groups is 1. The van der Waals surface area contributed by atoms with Crippen LogP contribution in [0.25, 0.3) is 5.70 Å². The first-order chi connectivity index (χ1) is 7.56. The Balaban J connectivity index is 3.23. The fourth-order valence-electron chi connectivity index (χ4n) is 1.19. The zero-order valence-electron chi connectivity index (χ0n) is 8.84. The standard InChI is InChI=1S/C11H13N3O2/c1-14-6-9(11(15)16)10(13)7-2-4-8(12)5-3-7/h2-6H,12-13H2,1H3,(H,15,16)/b10-9+,14-6?. The van der Waals surface area contributed by atoms with Gasteiger partial charge in [-0.1, -0.05) is 12.1 Å². The number of hydrogen-bond acceptors (Lipinski definition) is 4. The molecule has 0 amide bonds. The van der Waals surface area contributed by atoms with Crippen molar-refractivity contribution in [1.29, 1.82) is 0 Å². The van der Waals surface area contributed by atoms with Gasteiger partial charge in [0.15, 0.2) is 0 Å². The van der Waals surface area contributed by atoms with Gasteiger partial charge in [-0.25, -0.2) is 4.79 Å². The number of rotatable bonds is 3. The lowest BCUT2D eigenvalue weighted by molar-refractivity contribution is -0.131. The van der Waals surface area contributed by atoms with Crippen molar-refractivity contribution < 1.29 is 9.90 Å². The zero-order valence-corrected chi connectivity index (χ0v) is 8.84. The molecule has 0 aromatic heterocycles. The SMILES string of the molecule is CN=C/C(C(=O)O)=C(\N)c1ccc(N)cc1. The summed E-state index contributed by atoms with van der Waals surface area (Å²) in [7, 11) is 1.49. The van der Waals surface area contributed by atoms with Gasteiger partial charge in [0.25, 0.3) is 0 Å². The molecule has 0 aliphatic rings. The van der Waals surface area contributed by atoms with Crippen LogP contribution in [0.4, 0.5) is 5.69 Å². The largest absolute Gasteiger partial charge is 0.478 e. The highest BCUT2D eigenvalue weighted by atomic mass is 16.4. The fraction of sp³-hybridized carbons (Fsp3) is 0.0909. The van der Waals surface area contributed by atoms with Gasteiger partial charge in [-0.15, -0.1) is 0 Å². The third-order valence-electron chi connectivity index (χ3n) is 2.00. The van der Waals surface area contributed by atoms with Crippen molar-refractivity contribution in [3.8, 4) is 0 Å². The Hall–Kier alpha value is -2.30. The third kappa shape index (κ3) is 2.60. The molecule has 0 bridgehead atoms. The maximum absolute atomic E-state index is 10.9. The van der Waals surface area contributed by atoms with Gasteiger partial charge in [0.2, 0.25) is 0 Å². The van der Waals surface area contributed by atoms with Gasteiger partial charge in [-0.05, 0) is 17.7 Å². The monoisotopic (exact) mass is 219 g/mol. The van der Waals surface area contributed by atoms with Gasteiger partial charge in [0.1, 0.15) is 5.57 Å². The van der Waals surface area contributed by atoms with Gasteiger partial charge < -0.3 is 16.6 Å². The minimum atomic E-state index is -1.11. The molecule has 0 saturated carbocycles. The Kier molecular flexibility index (Phi) is 3.66. The molecule has 0 aliphatic carbocycles. The van der Waals surface area contributed by atoms with Gasteiger partial charge in [0.05, 0.1) is 5.70 Å². The minimum Gasteiger partial charge on any atom is -0.478 e. The lowest BCUT2D eigenvalue weighted by Gasteiger charge is -2.04. The summed E-state index contributed by atoms with van der Waals surface area (Å²) in [6.07, 6.45) is 1.22. The number of carboxylic acids is 1. The van der Waals surface area contributed by atoms with Crippen LogP contribution >= 0.6 is 0 Å². The van der Waals surface area contributed by atoms with E-state index < -0.39 is 5.97 Å². The predicted molar refractivity (Wildman–Crippen MR) is 64.0 cm³/mol. The number of aliphatic carboxylic acids is 1. The normalized spacial score (nSPS) is 12.6. The van der Waals surface area contributed by atoms with Crippen LogP contribution in [0.3, 0.4) is 0 Å². The highest BCUT2D eigenvalue weighted by Crippen LogP contribution is 2.14. The van der Waals surface area contributed by atoms with Gasteiger partial charge in [-0.3, -0.25) is 4.99 Å². The van der Waals surface area contributed by atoms with Crippen molar-refractivity contribution in [3.05, 3.63) is 35.4 Å². The number of hydrogen-bond donors (Lipinski definition) is 3. The first-order valence-electron chi connectivity index (χ1n) is 4.57. The number of carboxylic acid groups (broad SMARTS) is 1. The molecule has 1 rings (SSSR count). The third-order valence-corrected chi connectivity index (χ3v) is 2.00. The van der Waals surface area contributed by atoms with E-state index in [9.17, 15) is 4.79 Å². The average molecular weight is 219 g/mol. The fourth-order valence-corrected chi connectivity index (χ4v) is 1.19. The van der Waals surface area contributed by atoms with Gasteiger partial charge in [0, 0.05) is 18.9 Å². The summed E-state index contributed by atoms with van der Waals surface area (Å²) in [5, 5.41) is 8.94. The summed E-state index contributed by atoms with van der Waals surface area (Å²) in [6, 6.07) is 6.64. The second kappa shape index (κ2) is 4.97. The Labute approximate surface area is 93.1 Å². The van der Waals surface area contributed by atoms with Crippen LogP contribution < -0.4 is 11.5 Å². The highest BCUT2D eigenvalue weighted by molar-refractivity contribution is 6.14. The van der Waals surface area contributed by atoms with Crippen LogP contribution in [-0.4, -0.2) is 24.3 Å². The van der Waals surface area contributed by atoms with E-state index in [-0.39, 0.29) is 11.3 Å². The van der Waals surface area contributed by atoms with Crippen LogP contribution in [0.15, 0.2) is 34.8 Å². The summed E-state index contributed by atoms with van der Waals surface area (Å²) in [5.74, 6) is -1.11. The van der Waals surface area contributed by atoms with E-state index in [1.54, 1.807) is 24.3 Å². The summed E-state index contributed by atoms with van der Waals surface area (Å²) in [6.45, 7) is 0. The number of nitrogens with two attached hydrogens (primary N) is 2. The summed E-state index contributed by atoms with van der Waals surface area (Å²) < 4.78 is 0. The van der Waals surface area contributed by atoms with E-state index >= 15 is 0 Å². The molecule has 0 radical (unpaired) electrons. The first kappa shape index (κ1) is 11.8. The summed E-state index contributed by atoms with van der Waals surface area (Å²) in [4.78, 5) is 14.6. The topological polar surface area (TPSA) is 102 Å². The number of nitrogen functional groups attached to an aromatic ring is 1. The molecular weight excluding hydrogens is 206 g/mol. The molecule has 0 fully saturated rings. The minimum absolute atomic E-state index is 0.0349. The maximum atomic E-state index is 10.9. The molecular formula is C11H13N3O2. The molecule has 0 aliphatic heterocycles. The first-order valence-corrected chi connectivity index (χ1v) is 4.57. The van der Waals surface area contributed by atoms with Crippen molar-refractivity contribution in [2.45, 2.75) is 0 Å². The van der Waals surface area contributed by atoms with Crippen molar-refractivity contribution >= 4 is 23.6 Å². The smallest absolute Gasteiger partial charge is 0.339 e. The molecule has 0 unspecified atom stereocenters. The maximum Gasteiger partial charge on any atom is 0.339 e. The number of carbonyl (C=O) groups is 1. The number of benzene rings is 1. The second-order valence-electron chi connectivity index (χ2n) is 3.14. The highest BCUT2D eigenvalue weighted by Gasteiger charge is 2.11. The Morgan fingerprint density at radius 3 is 2.38 bits per heavy atom. The quantitative estimate of drug-likeness (QED) is 0.396. The van der Waals surface area contributed by atoms with E-state index in [0.717, 1.165) is 0 Å². The van der Waals surface area contributed by atoms with E-state index in [1.807, 2.05) is 0 Å². The molecule has 0 atom stereocenters. The molecule has 1 aromatic carbocycles. The lowest BCUT2D eigenvalue weighted by Crippen LogP contribution is -2.11. The van der Waals surface area contributed by atoms with Crippen LogP contribution in [0.2, 0.25) is 0 Å². The van der Waals surface area contributed by atoms with Crippen molar-refractivity contribution in [2.24, 2.45) is 10.7 Å². The van der Waals surface area contributed by atoms with Gasteiger partial charge >= 0.3 is 5.97 Å². The molecule has 0 saturated heterocycles. The Bertz CT molecular complexity index is 447. The molecule has 0 heterocycles. The van der Waals surface area contributed by atoms with Crippen molar-refractivity contribution in [3.63, 3.8) is 0 Å². The molecule has 5 N–H and O–H groups in total. The molecule has 1 aromatic rings. The van der Waals surface area contributed by atoms with Crippen molar-refractivity contribution in [1.82, 2.24) is 0 Å². The van der Waals surface area contributed by atoms with Crippen LogP contribution in [0, 0.1) is 0 Å². The molecule has 5 heteroatoms. The average Bonchev–Trinajstić information content (AvgIpc) is 2.25. The molecule has 84 valence electrons. The van der Waals surface area contributed by atoms with E-state index in [4.69, 9.17) is 16.6 Å².